The molecule has 2 aromatic carbocycles. The van der Waals surface area contributed by atoms with E-state index in [1.54, 1.807) is 18.2 Å². The van der Waals surface area contributed by atoms with E-state index in [9.17, 15) is 18.4 Å². The summed E-state index contributed by atoms with van der Waals surface area (Å²) in [5.74, 6) is -3.42. The van der Waals surface area contributed by atoms with Crippen LogP contribution in [0.2, 0.25) is 0 Å². The fraction of sp³-hybridized carbons (Fsp3) is 0.158. The zero-order valence-corrected chi connectivity index (χ0v) is 14.3. The fourth-order valence-corrected chi connectivity index (χ4v) is 2.55. The molecule has 0 unspecified atom stereocenters. The monoisotopic (exact) mass is 371 g/mol. The Morgan fingerprint density at radius 1 is 1.15 bits per heavy atom. The van der Waals surface area contributed by atoms with Gasteiger partial charge in [0.1, 0.15) is 17.7 Å². The van der Waals surface area contributed by atoms with Crippen LogP contribution in [-0.2, 0) is 16.0 Å². The summed E-state index contributed by atoms with van der Waals surface area (Å²) in [6.45, 7) is 0. The van der Waals surface area contributed by atoms with Crippen molar-refractivity contribution in [2.24, 2.45) is 0 Å². The van der Waals surface area contributed by atoms with Gasteiger partial charge in [0.15, 0.2) is 0 Å². The van der Waals surface area contributed by atoms with E-state index in [1.807, 2.05) is 6.07 Å². The van der Waals surface area contributed by atoms with Crippen LogP contribution >= 0.6 is 0 Å². The molecule has 0 radical (unpaired) electrons. The predicted octanol–water partition coefficient (Wildman–Crippen LogP) is 2.42. The van der Waals surface area contributed by atoms with Crippen molar-refractivity contribution < 1.29 is 23.1 Å². The van der Waals surface area contributed by atoms with Crippen molar-refractivity contribution in [3.63, 3.8) is 0 Å². The third kappa shape index (κ3) is 4.22. The number of benzene rings is 2. The first-order chi connectivity index (χ1) is 13.0. The van der Waals surface area contributed by atoms with E-state index in [1.165, 1.54) is 13.3 Å². The Morgan fingerprint density at radius 3 is 2.59 bits per heavy atom. The van der Waals surface area contributed by atoms with Crippen molar-refractivity contribution in [2.75, 3.05) is 7.11 Å². The minimum absolute atomic E-state index is 0.000931. The van der Waals surface area contributed by atoms with Crippen LogP contribution in [0.4, 0.5) is 8.78 Å². The van der Waals surface area contributed by atoms with Crippen LogP contribution in [0.5, 0.6) is 0 Å². The Hall–Kier alpha value is -3.42. The maximum absolute atomic E-state index is 13.8. The van der Waals surface area contributed by atoms with Gasteiger partial charge in [0.05, 0.1) is 29.4 Å². The van der Waals surface area contributed by atoms with E-state index in [0.717, 1.165) is 12.1 Å². The van der Waals surface area contributed by atoms with Crippen molar-refractivity contribution in [1.29, 1.82) is 0 Å². The summed E-state index contributed by atoms with van der Waals surface area (Å²) in [4.78, 5) is 33.0. The van der Waals surface area contributed by atoms with Crippen molar-refractivity contribution >= 4 is 22.9 Å². The van der Waals surface area contributed by atoms with Gasteiger partial charge < -0.3 is 10.1 Å². The second kappa shape index (κ2) is 7.86. The second-order valence-electron chi connectivity index (χ2n) is 5.73. The van der Waals surface area contributed by atoms with Gasteiger partial charge in [-0.1, -0.05) is 12.1 Å². The van der Waals surface area contributed by atoms with Gasteiger partial charge in [0.25, 0.3) is 5.91 Å². The summed E-state index contributed by atoms with van der Waals surface area (Å²) in [6.07, 6.45) is 1.49. The number of hydrogen-bond acceptors (Lipinski definition) is 5. The molecule has 6 nitrogen and oxygen atoms in total. The standard InChI is InChI=1S/C19H15F2N3O3/c1-27-19(26)17(24-18(25)13-7-6-11(20)8-14(13)21)9-12-10-22-15-4-2-3-5-16(15)23-12/h2-8,10,17H,9H2,1H3,(H,24,25)/t17-/m1/s1. The van der Waals surface area contributed by atoms with Crippen molar-refractivity contribution in [3.8, 4) is 0 Å². The van der Waals surface area contributed by atoms with Crippen LogP contribution in [0.1, 0.15) is 16.1 Å². The van der Waals surface area contributed by atoms with Crippen LogP contribution in [0.15, 0.2) is 48.7 Å². The van der Waals surface area contributed by atoms with Gasteiger partial charge in [-0.05, 0) is 24.3 Å². The number of methoxy groups -OCH3 is 1. The molecule has 8 heteroatoms. The highest BCUT2D eigenvalue weighted by Gasteiger charge is 2.25. The number of amides is 1. The molecule has 1 aromatic heterocycles. The van der Waals surface area contributed by atoms with Gasteiger partial charge in [0, 0.05) is 18.7 Å². The summed E-state index contributed by atoms with van der Waals surface area (Å²) in [7, 11) is 1.17. The Kier molecular flexibility index (Phi) is 5.35. The van der Waals surface area contributed by atoms with E-state index in [2.05, 4.69) is 15.3 Å². The third-order valence-electron chi connectivity index (χ3n) is 3.88. The molecule has 138 valence electrons. The lowest BCUT2D eigenvalue weighted by Crippen LogP contribution is -2.43. The number of rotatable bonds is 5. The maximum Gasteiger partial charge on any atom is 0.328 e. The number of nitrogens with zero attached hydrogens (tertiary/aromatic N) is 2. The largest absolute Gasteiger partial charge is 0.467 e. The lowest BCUT2D eigenvalue weighted by Gasteiger charge is -2.16. The number of fused-ring (bicyclic) bond motifs is 1. The van der Waals surface area contributed by atoms with Crippen LogP contribution in [0, 0.1) is 11.6 Å². The molecule has 1 heterocycles. The molecular formula is C19H15F2N3O3. The normalized spacial score (nSPS) is 11.8. The molecule has 1 amide bonds. The molecule has 0 fully saturated rings. The molecule has 0 saturated heterocycles. The van der Waals surface area contributed by atoms with Gasteiger partial charge >= 0.3 is 5.97 Å². The molecule has 1 N–H and O–H groups in total. The molecular weight excluding hydrogens is 356 g/mol. The van der Waals surface area contributed by atoms with Gasteiger partial charge in [-0.2, -0.15) is 0 Å². The molecule has 27 heavy (non-hydrogen) atoms. The summed E-state index contributed by atoms with van der Waals surface area (Å²) in [5.41, 5.74) is 1.39. The average molecular weight is 371 g/mol. The van der Waals surface area contributed by atoms with E-state index < -0.39 is 29.6 Å². The number of ether oxygens (including phenoxy) is 1. The van der Waals surface area contributed by atoms with Gasteiger partial charge in [0.2, 0.25) is 0 Å². The number of aromatic nitrogens is 2. The van der Waals surface area contributed by atoms with E-state index in [-0.39, 0.29) is 12.0 Å². The molecule has 0 aliphatic carbocycles. The van der Waals surface area contributed by atoms with Crippen molar-refractivity contribution in [2.45, 2.75) is 12.5 Å². The van der Waals surface area contributed by atoms with Gasteiger partial charge in [-0.15, -0.1) is 0 Å². The van der Waals surface area contributed by atoms with Gasteiger partial charge in [-0.25, -0.2) is 18.6 Å². The van der Waals surface area contributed by atoms with Crippen LogP contribution in [0.25, 0.3) is 11.0 Å². The zero-order valence-electron chi connectivity index (χ0n) is 14.3. The minimum Gasteiger partial charge on any atom is -0.467 e. The van der Waals surface area contributed by atoms with E-state index >= 15 is 0 Å². The highest BCUT2D eigenvalue weighted by molar-refractivity contribution is 5.97. The number of carbonyl (C=O) groups is 2. The SMILES string of the molecule is COC(=O)[C@@H](Cc1cnc2ccccc2n1)NC(=O)c1ccc(F)cc1F. The highest BCUT2D eigenvalue weighted by atomic mass is 19.1. The second-order valence-corrected chi connectivity index (χ2v) is 5.73. The molecule has 0 bridgehead atoms. The summed E-state index contributed by atoms with van der Waals surface area (Å²) < 4.78 is 31.5. The first-order valence-electron chi connectivity index (χ1n) is 8.02. The first kappa shape index (κ1) is 18.4. The molecule has 1 atom stereocenters. The Labute approximate surface area is 153 Å². The molecule has 0 spiro atoms. The molecule has 0 aliphatic rings. The minimum atomic E-state index is -1.11. The summed E-state index contributed by atoms with van der Waals surface area (Å²) >= 11 is 0. The van der Waals surface area contributed by atoms with Crippen molar-refractivity contribution in [3.05, 3.63) is 71.6 Å². The molecule has 0 aliphatic heterocycles. The number of nitrogens with one attached hydrogen (secondary N) is 1. The molecule has 3 aromatic rings. The Balaban J connectivity index is 1.82. The lowest BCUT2D eigenvalue weighted by atomic mass is 10.1. The average Bonchev–Trinajstić information content (AvgIpc) is 2.66. The number of halogens is 2. The predicted molar refractivity (Wildman–Crippen MR) is 92.9 cm³/mol. The smallest absolute Gasteiger partial charge is 0.328 e. The van der Waals surface area contributed by atoms with Crippen LogP contribution in [-0.4, -0.2) is 35.0 Å². The number of hydrogen-bond donors (Lipinski definition) is 1. The molecule has 3 rings (SSSR count). The maximum atomic E-state index is 13.8. The topological polar surface area (TPSA) is 81.2 Å². The number of para-hydroxylation sites is 2. The summed E-state index contributed by atoms with van der Waals surface area (Å²) in [6, 6.07) is 8.64. The first-order valence-corrected chi connectivity index (χ1v) is 8.02. The van der Waals surface area contributed by atoms with E-state index in [0.29, 0.717) is 22.8 Å². The van der Waals surface area contributed by atoms with E-state index in [4.69, 9.17) is 4.74 Å². The van der Waals surface area contributed by atoms with Crippen LogP contribution in [0.3, 0.4) is 0 Å². The fourth-order valence-electron chi connectivity index (χ4n) is 2.55. The zero-order chi connectivity index (χ0) is 19.4. The lowest BCUT2D eigenvalue weighted by molar-refractivity contribution is -0.142. The molecule has 0 saturated carbocycles. The number of esters is 1. The number of carbonyl (C=O) groups excluding carboxylic acids is 2. The Morgan fingerprint density at radius 2 is 1.89 bits per heavy atom. The highest BCUT2D eigenvalue weighted by Crippen LogP contribution is 2.12. The Bertz CT molecular complexity index is 1010. The summed E-state index contributed by atoms with van der Waals surface area (Å²) in [5, 5.41) is 2.40. The van der Waals surface area contributed by atoms with Crippen molar-refractivity contribution in [1.82, 2.24) is 15.3 Å². The van der Waals surface area contributed by atoms with Gasteiger partial charge in [-0.3, -0.25) is 9.78 Å². The quantitative estimate of drug-likeness (QED) is 0.697. The van der Waals surface area contributed by atoms with Crippen LogP contribution < -0.4 is 5.32 Å². The third-order valence-corrected chi connectivity index (χ3v) is 3.88.